The number of nitro benzene ring substituents is 1. The molecule has 10 heteroatoms. The Balaban J connectivity index is 0.00000264. The first-order chi connectivity index (χ1) is 10.4. The van der Waals surface area contributed by atoms with Crippen molar-refractivity contribution in [1.29, 1.82) is 0 Å². The summed E-state index contributed by atoms with van der Waals surface area (Å²) in [7, 11) is -3.78. The zero-order chi connectivity index (χ0) is 16.3. The first-order valence-corrected chi connectivity index (χ1v) is 8.85. The zero-order valence-electron chi connectivity index (χ0n) is 12.4. The molecule has 0 spiro atoms. The van der Waals surface area contributed by atoms with Crippen molar-refractivity contribution in [2.24, 2.45) is 5.73 Å². The van der Waals surface area contributed by atoms with Crippen molar-refractivity contribution in [3.05, 3.63) is 33.3 Å². The number of rotatable bonds is 5. The number of non-ortho nitro benzene ring substituents is 1. The van der Waals surface area contributed by atoms with Crippen LogP contribution < -0.4 is 5.73 Å². The van der Waals surface area contributed by atoms with Gasteiger partial charge in [0, 0.05) is 24.7 Å². The number of hydrogen-bond donors (Lipinski definition) is 1. The summed E-state index contributed by atoms with van der Waals surface area (Å²) in [4.78, 5) is 10.0. The van der Waals surface area contributed by atoms with Crippen molar-refractivity contribution in [3.63, 3.8) is 0 Å². The topological polar surface area (TPSA) is 107 Å². The van der Waals surface area contributed by atoms with Gasteiger partial charge in [0.15, 0.2) is 0 Å². The maximum Gasteiger partial charge on any atom is 0.271 e. The van der Waals surface area contributed by atoms with E-state index in [1.54, 1.807) is 0 Å². The summed E-state index contributed by atoms with van der Waals surface area (Å²) in [5.74, 6) is 0. The number of nitrogens with zero attached hydrogens (tertiary/aromatic N) is 2. The molecule has 0 aliphatic carbocycles. The smallest absolute Gasteiger partial charge is 0.271 e. The van der Waals surface area contributed by atoms with E-state index in [9.17, 15) is 18.5 Å². The fourth-order valence-electron chi connectivity index (χ4n) is 2.71. The van der Waals surface area contributed by atoms with Crippen molar-refractivity contribution in [1.82, 2.24) is 4.31 Å². The van der Waals surface area contributed by atoms with Crippen LogP contribution in [-0.2, 0) is 10.0 Å². The Labute approximate surface area is 146 Å². The van der Waals surface area contributed by atoms with Crippen molar-refractivity contribution in [2.45, 2.75) is 36.6 Å². The van der Waals surface area contributed by atoms with Gasteiger partial charge < -0.3 is 5.73 Å². The lowest BCUT2D eigenvalue weighted by molar-refractivity contribution is -0.384. The van der Waals surface area contributed by atoms with Crippen LogP contribution in [0.25, 0.3) is 0 Å². The molecule has 0 saturated carbocycles. The summed E-state index contributed by atoms with van der Waals surface area (Å²) in [6.45, 7) is 0.824. The molecule has 1 aromatic rings. The fraction of sp³-hybridized carbons (Fsp3) is 0.538. The van der Waals surface area contributed by atoms with Crippen molar-refractivity contribution >= 4 is 39.7 Å². The van der Waals surface area contributed by atoms with Crippen LogP contribution in [0.2, 0.25) is 5.02 Å². The first kappa shape index (κ1) is 20.1. The molecule has 1 atom stereocenters. The number of sulfonamides is 1. The van der Waals surface area contributed by atoms with Crippen LogP contribution in [0.1, 0.15) is 25.7 Å². The van der Waals surface area contributed by atoms with Gasteiger partial charge in [-0.2, -0.15) is 4.31 Å². The normalized spacial score (nSPS) is 19.1. The Morgan fingerprint density at radius 2 is 2.09 bits per heavy atom. The number of nitrogens with two attached hydrogens (primary N) is 1. The highest BCUT2D eigenvalue weighted by molar-refractivity contribution is 7.89. The number of piperidine rings is 1. The van der Waals surface area contributed by atoms with Gasteiger partial charge in [-0.25, -0.2) is 8.42 Å². The summed E-state index contributed by atoms with van der Waals surface area (Å²) >= 11 is 5.97. The van der Waals surface area contributed by atoms with E-state index in [-0.39, 0.29) is 34.1 Å². The van der Waals surface area contributed by atoms with E-state index >= 15 is 0 Å². The largest absolute Gasteiger partial charge is 0.330 e. The Kier molecular flexibility index (Phi) is 7.22. The van der Waals surface area contributed by atoms with Gasteiger partial charge in [0.25, 0.3) is 5.69 Å². The molecular weight excluding hydrogens is 365 g/mol. The monoisotopic (exact) mass is 383 g/mol. The number of hydrogen-bond acceptors (Lipinski definition) is 5. The minimum Gasteiger partial charge on any atom is -0.330 e. The van der Waals surface area contributed by atoms with Gasteiger partial charge in [-0.05, 0) is 31.9 Å². The predicted octanol–water partition coefficient (Wildman–Crippen LogP) is 2.56. The van der Waals surface area contributed by atoms with E-state index in [0.717, 1.165) is 31.4 Å². The first-order valence-electron chi connectivity index (χ1n) is 7.03. The van der Waals surface area contributed by atoms with Crippen LogP contribution in [0, 0.1) is 10.1 Å². The van der Waals surface area contributed by atoms with Gasteiger partial charge in [0.05, 0.1) is 9.95 Å². The summed E-state index contributed by atoms with van der Waals surface area (Å²) in [6, 6.07) is 3.27. The Morgan fingerprint density at radius 3 is 2.65 bits per heavy atom. The maximum atomic E-state index is 12.8. The van der Waals surface area contributed by atoms with E-state index in [1.807, 2.05) is 0 Å². The SMILES string of the molecule is Cl.NCCC1CCCCN1S(=O)(=O)c1ccc([N+](=O)[O-])cc1Cl. The van der Waals surface area contributed by atoms with Gasteiger partial charge in [-0.1, -0.05) is 18.0 Å². The van der Waals surface area contributed by atoms with Crippen LogP contribution in [0.15, 0.2) is 23.1 Å². The standard InChI is InChI=1S/C13H18ClN3O4S.ClH/c14-12-9-11(17(18)19)4-5-13(12)22(20,21)16-8-2-1-3-10(16)6-7-15;/h4-5,9-10H,1-3,6-8,15H2;1H. The molecule has 2 N–H and O–H groups in total. The average Bonchev–Trinajstić information content (AvgIpc) is 2.47. The second-order valence-corrected chi connectivity index (χ2v) is 7.48. The molecule has 1 unspecified atom stereocenters. The molecular formula is C13H19Cl2N3O4S. The van der Waals surface area contributed by atoms with Crippen LogP contribution in [0.4, 0.5) is 5.69 Å². The minimum atomic E-state index is -3.78. The number of nitro groups is 1. The highest BCUT2D eigenvalue weighted by atomic mass is 35.5. The quantitative estimate of drug-likeness (QED) is 0.620. The van der Waals surface area contributed by atoms with Gasteiger partial charge in [-0.3, -0.25) is 10.1 Å². The van der Waals surface area contributed by atoms with Gasteiger partial charge in [0.2, 0.25) is 10.0 Å². The second kappa shape index (κ2) is 8.25. The summed E-state index contributed by atoms with van der Waals surface area (Å²) < 4.78 is 27.0. The summed E-state index contributed by atoms with van der Waals surface area (Å²) in [5, 5.41) is 10.6. The van der Waals surface area contributed by atoms with Crippen molar-refractivity contribution in [2.75, 3.05) is 13.1 Å². The van der Waals surface area contributed by atoms with E-state index in [2.05, 4.69) is 0 Å². The molecule has 1 fully saturated rings. The summed E-state index contributed by atoms with van der Waals surface area (Å²) in [6.07, 6.45) is 3.10. The molecule has 0 bridgehead atoms. The van der Waals surface area contributed by atoms with Gasteiger partial charge >= 0.3 is 0 Å². The van der Waals surface area contributed by atoms with Crippen molar-refractivity contribution < 1.29 is 13.3 Å². The van der Waals surface area contributed by atoms with Crippen LogP contribution in [0.5, 0.6) is 0 Å². The van der Waals surface area contributed by atoms with Crippen molar-refractivity contribution in [3.8, 4) is 0 Å². The molecule has 0 radical (unpaired) electrons. The van der Waals surface area contributed by atoms with E-state index in [0.29, 0.717) is 19.5 Å². The molecule has 130 valence electrons. The fourth-order valence-corrected chi connectivity index (χ4v) is 4.95. The van der Waals surface area contributed by atoms with Gasteiger partial charge in [-0.15, -0.1) is 12.4 Å². The highest BCUT2D eigenvalue weighted by Crippen LogP contribution is 2.32. The molecule has 2 rings (SSSR count). The predicted molar refractivity (Wildman–Crippen MR) is 90.6 cm³/mol. The third kappa shape index (κ3) is 4.33. The highest BCUT2D eigenvalue weighted by Gasteiger charge is 2.34. The van der Waals surface area contributed by atoms with Gasteiger partial charge in [0.1, 0.15) is 4.90 Å². The lowest BCUT2D eigenvalue weighted by atomic mass is 10.0. The van der Waals surface area contributed by atoms with Crippen LogP contribution in [0.3, 0.4) is 0 Å². The van der Waals surface area contributed by atoms with E-state index in [4.69, 9.17) is 17.3 Å². The molecule has 7 nitrogen and oxygen atoms in total. The zero-order valence-corrected chi connectivity index (χ0v) is 14.7. The molecule has 0 amide bonds. The molecule has 1 heterocycles. The molecule has 1 aliphatic rings. The molecule has 23 heavy (non-hydrogen) atoms. The third-order valence-electron chi connectivity index (χ3n) is 3.79. The molecule has 1 aliphatic heterocycles. The van der Waals surface area contributed by atoms with E-state index < -0.39 is 14.9 Å². The van der Waals surface area contributed by atoms with Crippen LogP contribution >= 0.6 is 24.0 Å². The average molecular weight is 384 g/mol. The minimum absolute atomic E-state index is 0. The van der Waals surface area contributed by atoms with Crippen LogP contribution in [-0.4, -0.2) is 36.8 Å². The molecule has 0 aromatic heterocycles. The lowest BCUT2D eigenvalue weighted by Crippen LogP contribution is -2.44. The Morgan fingerprint density at radius 1 is 1.39 bits per heavy atom. The third-order valence-corrected chi connectivity index (χ3v) is 6.22. The number of benzene rings is 1. The molecule has 1 aromatic carbocycles. The second-order valence-electron chi connectivity index (χ2n) is 5.21. The molecule has 1 saturated heterocycles. The van der Waals surface area contributed by atoms with E-state index in [1.165, 1.54) is 10.4 Å². The summed E-state index contributed by atoms with van der Waals surface area (Å²) in [5.41, 5.74) is 5.33. The maximum absolute atomic E-state index is 12.8. The Bertz CT molecular complexity index is 667. The number of halogens is 2. The lowest BCUT2D eigenvalue weighted by Gasteiger charge is -2.34. The Hall–Kier alpha value is -0.930.